The third-order valence-corrected chi connectivity index (χ3v) is 3.97. The van der Waals surface area contributed by atoms with Gasteiger partial charge in [-0.25, -0.2) is 0 Å². The van der Waals surface area contributed by atoms with Crippen molar-refractivity contribution in [3.8, 4) is 11.5 Å². The molecule has 0 saturated heterocycles. The Hall–Kier alpha value is -2.00. The first-order valence-corrected chi connectivity index (χ1v) is 6.27. The zero-order chi connectivity index (χ0) is 13.8. The maximum Gasteiger partial charge on any atom is 0.116 e. The number of hydrogen-bond donors (Lipinski definition) is 3. The second-order valence-corrected chi connectivity index (χ2v) is 5.38. The lowest BCUT2D eigenvalue weighted by atomic mass is 9.74. The summed E-state index contributed by atoms with van der Waals surface area (Å²) in [7, 11) is 0. The molecule has 0 spiro atoms. The van der Waals surface area contributed by atoms with Crippen LogP contribution >= 0.6 is 0 Å². The van der Waals surface area contributed by atoms with E-state index in [1.54, 1.807) is 31.2 Å². The van der Waals surface area contributed by atoms with E-state index in [1.165, 1.54) is 0 Å². The van der Waals surface area contributed by atoms with Crippen LogP contribution in [0.3, 0.4) is 0 Å². The average Bonchev–Trinajstić information content (AvgIpc) is 2.32. The lowest BCUT2D eigenvalue weighted by Gasteiger charge is -2.34. The zero-order valence-corrected chi connectivity index (χ0v) is 10.9. The van der Waals surface area contributed by atoms with Gasteiger partial charge < -0.3 is 15.3 Å². The molecule has 3 N–H and O–H groups in total. The standard InChI is InChI=1S/C16H16O3/c1-9-5-12(18)8-15-13(9)6-10-3-4-11(17)7-14(10)16(15,2)19/h3-5,7-8,17-19H,6H2,1-2H3. The van der Waals surface area contributed by atoms with Crippen LogP contribution < -0.4 is 0 Å². The third-order valence-electron chi connectivity index (χ3n) is 3.97. The molecule has 98 valence electrons. The number of rotatable bonds is 0. The van der Waals surface area contributed by atoms with Gasteiger partial charge in [0.05, 0.1) is 0 Å². The van der Waals surface area contributed by atoms with Crippen molar-refractivity contribution in [1.82, 2.24) is 0 Å². The molecule has 0 heterocycles. The van der Waals surface area contributed by atoms with Crippen molar-refractivity contribution in [3.05, 3.63) is 58.1 Å². The van der Waals surface area contributed by atoms with Crippen LogP contribution in [0.2, 0.25) is 0 Å². The summed E-state index contributed by atoms with van der Waals surface area (Å²) >= 11 is 0. The summed E-state index contributed by atoms with van der Waals surface area (Å²) in [5, 5.41) is 30.2. The first-order chi connectivity index (χ1) is 8.89. The SMILES string of the molecule is Cc1cc(O)cc2c1Cc1ccc(O)cc1C2(C)O. The fourth-order valence-electron chi connectivity index (χ4n) is 2.97. The molecule has 1 aliphatic rings. The highest BCUT2D eigenvalue weighted by Crippen LogP contribution is 2.43. The summed E-state index contributed by atoms with van der Waals surface area (Å²) in [5.74, 6) is 0.291. The van der Waals surface area contributed by atoms with E-state index in [0.717, 1.165) is 16.7 Å². The highest BCUT2D eigenvalue weighted by atomic mass is 16.3. The molecule has 3 rings (SSSR count). The molecule has 2 aromatic carbocycles. The predicted molar refractivity (Wildman–Crippen MR) is 72.4 cm³/mol. The Morgan fingerprint density at radius 3 is 2.42 bits per heavy atom. The molecular formula is C16H16O3. The van der Waals surface area contributed by atoms with E-state index in [4.69, 9.17) is 0 Å². The number of hydrogen-bond acceptors (Lipinski definition) is 3. The van der Waals surface area contributed by atoms with Gasteiger partial charge in [-0.1, -0.05) is 6.07 Å². The van der Waals surface area contributed by atoms with Crippen LogP contribution in [0.1, 0.15) is 34.7 Å². The summed E-state index contributed by atoms with van der Waals surface area (Å²) in [6.07, 6.45) is 0.702. The van der Waals surface area contributed by atoms with Gasteiger partial charge in [-0.2, -0.15) is 0 Å². The highest BCUT2D eigenvalue weighted by molar-refractivity contribution is 5.56. The van der Waals surface area contributed by atoms with Crippen LogP contribution in [0.4, 0.5) is 0 Å². The van der Waals surface area contributed by atoms with Crippen molar-refractivity contribution in [2.75, 3.05) is 0 Å². The number of phenols is 2. The summed E-state index contributed by atoms with van der Waals surface area (Å²) in [6, 6.07) is 8.39. The van der Waals surface area contributed by atoms with E-state index in [0.29, 0.717) is 17.5 Å². The van der Waals surface area contributed by atoms with E-state index in [1.807, 2.05) is 13.0 Å². The predicted octanol–water partition coefficient (Wildman–Crippen LogP) is 2.57. The van der Waals surface area contributed by atoms with Gasteiger partial charge >= 0.3 is 0 Å². The van der Waals surface area contributed by atoms with Gasteiger partial charge in [0.1, 0.15) is 17.1 Å². The summed E-state index contributed by atoms with van der Waals surface area (Å²) in [6.45, 7) is 3.63. The van der Waals surface area contributed by atoms with Crippen molar-refractivity contribution in [2.24, 2.45) is 0 Å². The molecule has 0 saturated carbocycles. The highest BCUT2D eigenvalue weighted by Gasteiger charge is 2.35. The van der Waals surface area contributed by atoms with Crippen molar-refractivity contribution in [1.29, 1.82) is 0 Å². The Morgan fingerprint density at radius 1 is 1.00 bits per heavy atom. The Kier molecular flexibility index (Phi) is 2.38. The molecule has 19 heavy (non-hydrogen) atoms. The molecule has 3 heteroatoms. The minimum Gasteiger partial charge on any atom is -0.508 e. The number of phenolic OH excluding ortho intramolecular Hbond substituents is 2. The van der Waals surface area contributed by atoms with Crippen molar-refractivity contribution in [2.45, 2.75) is 25.9 Å². The fourth-order valence-corrected chi connectivity index (χ4v) is 2.97. The largest absolute Gasteiger partial charge is 0.508 e. The summed E-state index contributed by atoms with van der Waals surface area (Å²) in [5.41, 5.74) is 3.22. The van der Waals surface area contributed by atoms with Crippen LogP contribution in [0.25, 0.3) is 0 Å². The Balaban J connectivity index is 2.31. The molecule has 1 unspecified atom stereocenters. The monoisotopic (exact) mass is 256 g/mol. The maximum atomic E-state index is 10.8. The van der Waals surface area contributed by atoms with Crippen LogP contribution in [0.5, 0.6) is 11.5 Å². The minimum absolute atomic E-state index is 0.138. The van der Waals surface area contributed by atoms with Crippen LogP contribution in [-0.2, 0) is 12.0 Å². The molecule has 2 aromatic rings. The average molecular weight is 256 g/mol. The normalized spacial score (nSPS) is 20.8. The second kappa shape index (κ2) is 3.75. The fraction of sp³-hybridized carbons (Fsp3) is 0.250. The quantitative estimate of drug-likeness (QED) is 0.679. The van der Waals surface area contributed by atoms with Crippen molar-refractivity contribution >= 4 is 0 Å². The second-order valence-electron chi connectivity index (χ2n) is 5.38. The van der Waals surface area contributed by atoms with Gasteiger partial charge in [0, 0.05) is 0 Å². The number of benzene rings is 2. The van der Waals surface area contributed by atoms with Crippen LogP contribution in [0, 0.1) is 6.92 Å². The zero-order valence-electron chi connectivity index (χ0n) is 10.9. The molecule has 0 radical (unpaired) electrons. The van der Waals surface area contributed by atoms with Gasteiger partial charge in [-0.15, -0.1) is 0 Å². The topological polar surface area (TPSA) is 60.7 Å². The number of fused-ring (bicyclic) bond motifs is 2. The number of aromatic hydroxyl groups is 2. The van der Waals surface area contributed by atoms with Gasteiger partial charge in [-0.3, -0.25) is 0 Å². The molecule has 0 amide bonds. The molecular weight excluding hydrogens is 240 g/mol. The van der Waals surface area contributed by atoms with E-state index >= 15 is 0 Å². The van der Waals surface area contributed by atoms with E-state index in [2.05, 4.69) is 0 Å². The molecule has 1 aliphatic carbocycles. The molecule has 0 aromatic heterocycles. The van der Waals surface area contributed by atoms with Gasteiger partial charge in [-0.05, 0) is 72.4 Å². The van der Waals surface area contributed by atoms with E-state index in [9.17, 15) is 15.3 Å². The molecule has 0 aliphatic heterocycles. The minimum atomic E-state index is -1.20. The summed E-state index contributed by atoms with van der Waals surface area (Å²) in [4.78, 5) is 0. The molecule has 3 nitrogen and oxygen atoms in total. The Bertz CT molecular complexity index is 672. The van der Waals surface area contributed by atoms with Crippen LogP contribution in [0.15, 0.2) is 30.3 Å². The van der Waals surface area contributed by atoms with E-state index in [-0.39, 0.29) is 11.5 Å². The Morgan fingerprint density at radius 2 is 1.68 bits per heavy atom. The lowest BCUT2D eigenvalue weighted by molar-refractivity contribution is 0.0971. The first kappa shape index (κ1) is 12.1. The van der Waals surface area contributed by atoms with E-state index < -0.39 is 5.60 Å². The molecule has 1 atom stereocenters. The summed E-state index contributed by atoms with van der Waals surface area (Å²) < 4.78 is 0. The first-order valence-electron chi connectivity index (χ1n) is 6.27. The number of aryl methyl sites for hydroxylation is 1. The lowest BCUT2D eigenvalue weighted by Crippen LogP contribution is -2.30. The van der Waals surface area contributed by atoms with Gasteiger partial charge in [0.25, 0.3) is 0 Å². The van der Waals surface area contributed by atoms with Crippen molar-refractivity contribution < 1.29 is 15.3 Å². The molecule has 0 bridgehead atoms. The molecule has 0 fully saturated rings. The third kappa shape index (κ3) is 1.70. The smallest absolute Gasteiger partial charge is 0.116 e. The van der Waals surface area contributed by atoms with Gasteiger partial charge in [0.15, 0.2) is 0 Å². The van der Waals surface area contributed by atoms with Crippen molar-refractivity contribution in [3.63, 3.8) is 0 Å². The Labute approximate surface area is 111 Å². The maximum absolute atomic E-state index is 10.8. The van der Waals surface area contributed by atoms with Gasteiger partial charge in [0.2, 0.25) is 0 Å². The number of aliphatic hydroxyl groups is 1. The van der Waals surface area contributed by atoms with Crippen LogP contribution in [-0.4, -0.2) is 15.3 Å².